The van der Waals surface area contributed by atoms with E-state index in [1.165, 1.54) is 11.2 Å². The molecule has 0 aliphatic rings. The molecule has 0 aromatic carbocycles. The van der Waals surface area contributed by atoms with E-state index in [0.717, 1.165) is 0 Å². The minimum Gasteiger partial charge on any atom is -0.110 e. The lowest BCUT2D eigenvalue weighted by atomic mass is 10.4. The highest BCUT2D eigenvalue weighted by Crippen LogP contribution is 2.00. The maximum Gasteiger partial charge on any atom is 0.0905 e. The van der Waals surface area contributed by atoms with Gasteiger partial charge in [-0.2, -0.15) is 0 Å². The van der Waals surface area contributed by atoms with Crippen LogP contribution in [0.25, 0.3) is 0 Å². The largest absolute Gasteiger partial charge is 0.110 e. The van der Waals surface area contributed by atoms with Gasteiger partial charge in [-0.25, -0.2) is 0 Å². The maximum atomic E-state index is 5.62. The first-order valence-electron chi connectivity index (χ1n) is 3.54. The molecule has 0 rings (SSSR count). The van der Waals surface area contributed by atoms with Crippen LogP contribution in [0.1, 0.15) is 13.8 Å². The Kier molecular flexibility index (Phi) is 6.95. The van der Waals surface area contributed by atoms with Crippen molar-refractivity contribution in [1.29, 1.82) is 0 Å². The average Bonchev–Trinajstić information content (AvgIpc) is 1.79. The second kappa shape index (κ2) is 6.46. The highest BCUT2D eigenvalue weighted by molar-refractivity contribution is 6.74. The zero-order chi connectivity index (χ0) is 7.98. The fourth-order valence-electron chi connectivity index (χ4n) is 0.663. The monoisotopic (exact) mass is 212 g/mol. The van der Waals surface area contributed by atoms with Gasteiger partial charge in [-0.15, -0.1) is 28.9 Å². The van der Waals surface area contributed by atoms with Crippen LogP contribution >= 0.6 is 23.2 Å². The number of hydrogen-bond donors (Lipinski definition) is 0. The summed E-state index contributed by atoms with van der Waals surface area (Å²) in [6, 6.07) is 0. The van der Waals surface area contributed by atoms with Gasteiger partial charge in [0.15, 0.2) is 0 Å². The quantitative estimate of drug-likeness (QED) is 0.376. The van der Waals surface area contributed by atoms with Crippen molar-refractivity contribution in [2.24, 2.45) is 0 Å². The van der Waals surface area contributed by atoms with Crippen LogP contribution in [0.2, 0.25) is 5.67 Å². The van der Waals surface area contributed by atoms with E-state index in [9.17, 15) is 0 Å². The molecular formula is C6H14Cl2Si2. The number of halogens is 2. The Labute approximate surface area is 77.6 Å². The zero-order valence-corrected chi connectivity index (χ0v) is 10.9. The number of alkyl halides is 2. The highest BCUT2D eigenvalue weighted by Gasteiger charge is 1.97. The molecule has 10 heavy (non-hydrogen) atoms. The van der Waals surface area contributed by atoms with Gasteiger partial charge in [-0.05, 0) is 13.8 Å². The summed E-state index contributed by atoms with van der Waals surface area (Å²) >= 11 is 11.2. The summed E-state index contributed by atoms with van der Waals surface area (Å²) in [7, 11) is -0.0970. The molecule has 0 saturated heterocycles. The summed E-state index contributed by atoms with van der Waals surface area (Å²) in [6.07, 6.45) is 0. The molecule has 0 aliphatic carbocycles. The Morgan fingerprint density at radius 2 is 2.10 bits per heavy atom. The Morgan fingerprint density at radius 1 is 1.50 bits per heavy atom. The molecule has 4 heteroatoms. The minimum atomic E-state index is -0.149. The third kappa shape index (κ3) is 8.75. The summed E-state index contributed by atoms with van der Waals surface area (Å²) in [5, 5.41) is 0. The predicted octanol–water partition coefficient (Wildman–Crippen LogP) is 1.38. The van der Waals surface area contributed by atoms with Gasteiger partial charge >= 0.3 is 0 Å². The average molecular weight is 213 g/mol. The van der Waals surface area contributed by atoms with Crippen molar-refractivity contribution in [3.63, 3.8) is 0 Å². The lowest BCUT2D eigenvalue weighted by molar-refractivity contribution is 1.41. The highest BCUT2D eigenvalue weighted by atomic mass is 35.5. The SMILES string of the molecule is CC(C)=C[SiH2]C[SiH2]C(Cl)Cl. The van der Waals surface area contributed by atoms with Crippen molar-refractivity contribution >= 4 is 42.2 Å². The Bertz CT molecular complexity index is 108. The van der Waals surface area contributed by atoms with Crippen LogP contribution in [-0.2, 0) is 0 Å². The molecule has 0 spiro atoms. The van der Waals surface area contributed by atoms with Crippen molar-refractivity contribution in [3.05, 3.63) is 11.3 Å². The van der Waals surface area contributed by atoms with Crippen molar-refractivity contribution < 1.29 is 0 Å². The molecule has 0 aliphatic heterocycles. The normalized spacial score (nSPS) is 12.5. The number of hydrogen-bond acceptors (Lipinski definition) is 0. The van der Waals surface area contributed by atoms with Crippen LogP contribution in [0.3, 0.4) is 0 Å². The molecule has 0 bridgehead atoms. The molecular weight excluding hydrogens is 199 g/mol. The molecule has 0 heterocycles. The van der Waals surface area contributed by atoms with Crippen molar-refractivity contribution in [2.45, 2.75) is 24.0 Å². The minimum absolute atomic E-state index is 0.0157. The molecule has 0 N–H and O–H groups in total. The van der Waals surface area contributed by atoms with Gasteiger partial charge < -0.3 is 0 Å². The predicted molar refractivity (Wildman–Crippen MR) is 56.8 cm³/mol. The molecule has 0 aromatic rings. The van der Waals surface area contributed by atoms with Gasteiger partial charge in [0, 0.05) is 9.52 Å². The van der Waals surface area contributed by atoms with Gasteiger partial charge in [0.1, 0.15) is 0 Å². The fraction of sp³-hybridized carbons (Fsp3) is 0.667. The van der Waals surface area contributed by atoms with E-state index < -0.39 is 0 Å². The maximum absolute atomic E-state index is 5.62. The number of allylic oxidation sites excluding steroid dienone is 1. The molecule has 0 unspecified atom stereocenters. The van der Waals surface area contributed by atoms with Crippen molar-refractivity contribution in [3.8, 4) is 0 Å². The smallest absolute Gasteiger partial charge is 0.0905 e. The first-order valence-corrected chi connectivity index (χ1v) is 8.05. The van der Waals surface area contributed by atoms with Crippen LogP contribution in [0.5, 0.6) is 0 Å². The topological polar surface area (TPSA) is 0 Å². The van der Waals surface area contributed by atoms with Crippen LogP contribution in [-0.4, -0.2) is 23.5 Å². The van der Waals surface area contributed by atoms with Crippen LogP contribution in [0.15, 0.2) is 11.3 Å². The van der Waals surface area contributed by atoms with E-state index >= 15 is 0 Å². The molecule has 0 saturated carbocycles. The molecule has 0 atom stereocenters. The Hall–Kier alpha value is 0.754. The van der Waals surface area contributed by atoms with Crippen LogP contribution < -0.4 is 0 Å². The molecule has 0 aromatic heterocycles. The standard InChI is InChI=1S/C6H14Cl2Si2/c1-5(2)3-9-4-10-6(7)8/h3,6H,4,9-10H2,1-2H3. The van der Waals surface area contributed by atoms with Gasteiger partial charge in [0.2, 0.25) is 0 Å². The van der Waals surface area contributed by atoms with E-state index in [1.54, 1.807) is 0 Å². The van der Waals surface area contributed by atoms with Crippen molar-refractivity contribution in [1.82, 2.24) is 0 Å². The number of rotatable bonds is 4. The van der Waals surface area contributed by atoms with Gasteiger partial charge in [-0.3, -0.25) is 0 Å². The lowest BCUT2D eigenvalue weighted by Crippen LogP contribution is -2.04. The van der Waals surface area contributed by atoms with E-state index in [0.29, 0.717) is 0 Å². The summed E-state index contributed by atoms with van der Waals surface area (Å²) in [6.45, 7) is 4.29. The van der Waals surface area contributed by atoms with Crippen molar-refractivity contribution in [2.75, 3.05) is 0 Å². The van der Waals surface area contributed by atoms with Crippen LogP contribution in [0, 0.1) is 0 Å². The van der Waals surface area contributed by atoms with Gasteiger partial charge in [0.25, 0.3) is 0 Å². The van der Waals surface area contributed by atoms with E-state index in [1.807, 2.05) is 0 Å². The second-order valence-corrected chi connectivity index (χ2v) is 10.1. The van der Waals surface area contributed by atoms with Gasteiger partial charge in [0.05, 0.1) is 14.0 Å². The third-order valence-electron chi connectivity index (χ3n) is 1.18. The molecule has 0 fully saturated rings. The van der Waals surface area contributed by atoms with E-state index in [2.05, 4.69) is 19.5 Å². The fourth-order valence-corrected chi connectivity index (χ4v) is 7.01. The molecule has 0 nitrogen and oxygen atoms in total. The Morgan fingerprint density at radius 3 is 2.50 bits per heavy atom. The first kappa shape index (κ1) is 10.8. The van der Waals surface area contributed by atoms with E-state index in [-0.39, 0.29) is 23.5 Å². The van der Waals surface area contributed by atoms with Crippen LogP contribution in [0.4, 0.5) is 0 Å². The van der Waals surface area contributed by atoms with E-state index in [4.69, 9.17) is 23.2 Å². The summed E-state index contributed by atoms with van der Waals surface area (Å²) in [5.41, 5.74) is 5.19. The van der Waals surface area contributed by atoms with Gasteiger partial charge in [-0.1, -0.05) is 11.2 Å². The lowest BCUT2D eigenvalue weighted by Gasteiger charge is -1.95. The first-order chi connectivity index (χ1) is 4.63. The third-order valence-corrected chi connectivity index (χ3v) is 7.30. The molecule has 0 amide bonds. The zero-order valence-electron chi connectivity index (χ0n) is 6.53. The summed E-state index contributed by atoms with van der Waals surface area (Å²) < 4.78 is -0.0157. The summed E-state index contributed by atoms with van der Waals surface area (Å²) in [5.74, 6) is 0. The second-order valence-electron chi connectivity index (χ2n) is 2.60. The Balaban J connectivity index is 3.13. The molecule has 0 radical (unpaired) electrons. The summed E-state index contributed by atoms with van der Waals surface area (Å²) in [4.78, 5) is 0. The molecule has 60 valence electrons.